The van der Waals surface area contributed by atoms with Gasteiger partial charge in [0.2, 0.25) is 0 Å². The van der Waals surface area contributed by atoms with Crippen molar-refractivity contribution in [3.05, 3.63) is 81.2 Å². The molecule has 2 aromatic carbocycles. The maximum atomic E-state index is 13.9. The summed E-state index contributed by atoms with van der Waals surface area (Å²) in [4.78, 5) is 30.2. The van der Waals surface area contributed by atoms with Crippen molar-refractivity contribution in [2.45, 2.75) is 79.2 Å². The summed E-state index contributed by atoms with van der Waals surface area (Å²) in [6.07, 6.45) is 3.51. The van der Waals surface area contributed by atoms with E-state index in [1.54, 1.807) is 7.11 Å². The second kappa shape index (κ2) is 10.7. The smallest absolute Gasteiger partial charge is 0.162 e. The van der Waals surface area contributed by atoms with Gasteiger partial charge in [-0.1, -0.05) is 70.5 Å². The number of allylic oxidation sites excluding steroid dienone is 4. The van der Waals surface area contributed by atoms with E-state index in [2.05, 4.69) is 39.5 Å². The number of hydrogen-bond donors (Lipinski definition) is 0. The summed E-state index contributed by atoms with van der Waals surface area (Å²) in [7, 11) is 1.61. The molecule has 0 spiro atoms. The molecule has 40 heavy (non-hydrogen) atoms. The van der Waals surface area contributed by atoms with Gasteiger partial charge in [0.05, 0.1) is 7.11 Å². The minimum Gasteiger partial charge on any atom is -0.493 e. The minimum absolute atomic E-state index is 0.132. The number of carbonyl (C=O) groups excluding carboxylic acids is 2. The van der Waals surface area contributed by atoms with E-state index in [-0.39, 0.29) is 22.4 Å². The molecule has 0 aromatic heterocycles. The van der Waals surface area contributed by atoms with Crippen molar-refractivity contribution in [1.29, 1.82) is 0 Å². The van der Waals surface area contributed by atoms with Crippen LogP contribution in [0.4, 0.5) is 0 Å². The zero-order valence-electron chi connectivity index (χ0n) is 24.5. The highest BCUT2D eigenvalue weighted by Crippen LogP contribution is 2.55. The number of carbonyl (C=O) groups is 2. The van der Waals surface area contributed by atoms with Crippen molar-refractivity contribution in [2.24, 2.45) is 10.8 Å². The zero-order chi connectivity index (χ0) is 28.8. The Morgan fingerprint density at radius 2 is 1.48 bits per heavy atom. The average Bonchev–Trinajstić information content (AvgIpc) is 2.87. The Morgan fingerprint density at radius 3 is 2.02 bits per heavy atom. The van der Waals surface area contributed by atoms with E-state index in [0.29, 0.717) is 36.0 Å². The molecule has 0 fully saturated rings. The van der Waals surface area contributed by atoms with E-state index in [4.69, 9.17) is 21.1 Å². The number of rotatable bonds is 7. The Morgan fingerprint density at radius 1 is 0.875 bits per heavy atom. The second-order valence-electron chi connectivity index (χ2n) is 13.0. The van der Waals surface area contributed by atoms with Gasteiger partial charge in [-0.05, 0) is 53.9 Å². The molecule has 0 unspecified atom stereocenters. The summed E-state index contributed by atoms with van der Waals surface area (Å²) in [5.74, 6) is 1.03. The molecule has 3 aliphatic rings. The van der Waals surface area contributed by atoms with Crippen LogP contribution in [-0.4, -0.2) is 30.1 Å². The van der Waals surface area contributed by atoms with Crippen LogP contribution < -0.4 is 9.47 Å². The number of ether oxygens (including phenoxy) is 2. The summed E-state index contributed by atoms with van der Waals surface area (Å²) in [5.41, 5.74) is 5.26. The predicted octanol–water partition coefficient (Wildman–Crippen LogP) is 8.02. The number of hydrogen-bond acceptors (Lipinski definition) is 5. The molecular formula is C34H40ClNO4. The molecule has 0 bridgehead atoms. The highest BCUT2D eigenvalue weighted by molar-refractivity contribution is 6.31. The van der Waals surface area contributed by atoms with Gasteiger partial charge >= 0.3 is 0 Å². The summed E-state index contributed by atoms with van der Waals surface area (Å²) in [6.45, 7) is 11.9. The van der Waals surface area contributed by atoms with Gasteiger partial charge in [0.1, 0.15) is 6.61 Å². The molecule has 6 heteroatoms. The first-order valence-corrected chi connectivity index (χ1v) is 14.7. The lowest BCUT2D eigenvalue weighted by atomic mass is 9.63. The molecular weight excluding hydrogens is 522 g/mol. The van der Waals surface area contributed by atoms with Gasteiger partial charge in [0.25, 0.3) is 0 Å². The number of benzene rings is 2. The molecule has 5 rings (SSSR count). The third kappa shape index (κ3) is 5.33. The summed E-state index contributed by atoms with van der Waals surface area (Å²) < 4.78 is 11.9. The summed E-state index contributed by atoms with van der Waals surface area (Å²) >= 11 is 6.33. The lowest BCUT2D eigenvalue weighted by Crippen LogP contribution is -2.44. The van der Waals surface area contributed by atoms with Crippen molar-refractivity contribution < 1.29 is 19.1 Å². The maximum absolute atomic E-state index is 13.9. The van der Waals surface area contributed by atoms with E-state index >= 15 is 0 Å². The van der Waals surface area contributed by atoms with Gasteiger partial charge < -0.3 is 14.4 Å². The molecule has 5 nitrogen and oxygen atoms in total. The first-order chi connectivity index (χ1) is 18.9. The largest absolute Gasteiger partial charge is 0.493 e. The third-order valence-corrected chi connectivity index (χ3v) is 8.70. The fourth-order valence-electron chi connectivity index (χ4n) is 6.63. The minimum atomic E-state index is -0.406. The topological polar surface area (TPSA) is 55.8 Å². The molecule has 0 amide bonds. The lowest BCUT2D eigenvalue weighted by molar-refractivity contribution is -0.119. The van der Waals surface area contributed by atoms with Crippen LogP contribution >= 0.6 is 11.6 Å². The number of nitrogens with zero attached hydrogens (tertiary/aromatic N) is 1. The highest BCUT2D eigenvalue weighted by atomic mass is 35.5. The van der Waals surface area contributed by atoms with Crippen molar-refractivity contribution in [3.8, 4) is 11.5 Å². The Kier molecular flexibility index (Phi) is 7.64. The van der Waals surface area contributed by atoms with Crippen molar-refractivity contribution in [2.75, 3.05) is 13.7 Å². The lowest BCUT2D eigenvalue weighted by Gasteiger charge is -2.49. The van der Waals surface area contributed by atoms with Crippen LogP contribution in [0.3, 0.4) is 0 Å². The number of ketones is 2. The Labute approximate surface area is 243 Å². The normalized spacial score (nSPS) is 20.4. The SMILES string of the molecule is CCCN1C2=C(C(=O)CC(C)(C)C2)C(c2ccc(OCc3ccccc3Cl)c(OC)c2)C2=C1CC(C)(C)CC2=O. The molecule has 0 radical (unpaired) electrons. The Balaban J connectivity index is 1.62. The molecule has 0 saturated carbocycles. The molecule has 2 aromatic rings. The van der Waals surface area contributed by atoms with Crippen LogP contribution in [0, 0.1) is 10.8 Å². The molecule has 0 atom stereocenters. The molecule has 212 valence electrons. The predicted molar refractivity (Wildman–Crippen MR) is 159 cm³/mol. The summed E-state index contributed by atoms with van der Waals surface area (Å²) in [5, 5.41) is 0.647. The highest BCUT2D eigenvalue weighted by Gasteiger charge is 2.48. The summed E-state index contributed by atoms with van der Waals surface area (Å²) in [6, 6.07) is 13.4. The van der Waals surface area contributed by atoms with Crippen molar-refractivity contribution in [3.63, 3.8) is 0 Å². The van der Waals surface area contributed by atoms with E-state index < -0.39 is 5.92 Å². The molecule has 1 aliphatic heterocycles. The van der Waals surface area contributed by atoms with Crippen molar-refractivity contribution >= 4 is 23.2 Å². The fourth-order valence-corrected chi connectivity index (χ4v) is 6.82. The standard InChI is InChI=1S/C34H40ClNO4/c1-7-14-36-24-16-33(2,3)18-26(37)31(24)30(32-25(36)17-34(4,5)19-27(32)38)21-12-13-28(29(15-21)39-6)40-20-22-10-8-9-11-23(22)35/h8-13,15,30H,7,14,16-20H2,1-6H3. The first kappa shape index (κ1) is 28.5. The monoisotopic (exact) mass is 561 g/mol. The third-order valence-electron chi connectivity index (χ3n) is 8.33. The van der Waals surface area contributed by atoms with Crippen LogP contribution in [0.2, 0.25) is 5.02 Å². The van der Waals surface area contributed by atoms with E-state index in [9.17, 15) is 9.59 Å². The zero-order valence-corrected chi connectivity index (χ0v) is 25.3. The average molecular weight is 562 g/mol. The fraction of sp³-hybridized carbons (Fsp3) is 0.471. The van der Waals surface area contributed by atoms with Crippen LogP contribution in [0.1, 0.15) is 83.8 Å². The van der Waals surface area contributed by atoms with Gasteiger partial charge in [-0.2, -0.15) is 0 Å². The van der Waals surface area contributed by atoms with Crippen LogP contribution in [0.5, 0.6) is 11.5 Å². The Bertz CT molecular complexity index is 1360. The molecule has 1 heterocycles. The number of methoxy groups -OCH3 is 1. The van der Waals surface area contributed by atoms with Crippen molar-refractivity contribution in [1.82, 2.24) is 4.90 Å². The number of halogens is 1. The van der Waals surface area contributed by atoms with E-state index in [1.165, 1.54) is 0 Å². The number of Topliss-reactive ketones (excluding diaryl/α,β-unsaturated/α-hetero) is 2. The molecule has 0 N–H and O–H groups in total. The molecule has 0 saturated heterocycles. The van der Waals surface area contributed by atoms with Crippen LogP contribution in [0.15, 0.2) is 65.0 Å². The Hall–Kier alpha value is -3.05. The van der Waals surface area contributed by atoms with Crippen LogP contribution in [-0.2, 0) is 16.2 Å². The van der Waals surface area contributed by atoms with Gasteiger partial charge in [-0.15, -0.1) is 0 Å². The van der Waals surface area contributed by atoms with Gasteiger partial charge in [-0.3, -0.25) is 9.59 Å². The maximum Gasteiger partial charge on any atom is 0.162 e. The second-order valence-corrected chi connectivity index (χ2v) is 13.4. The molecule has 2 aliphatic carbocycles. The first-order valence-electron chi connectivity index (χ1n) is 14.3. The van der Waals surface area contributed by atoms with E-state index in [1.807, 2.05) is 42.5 Å². The quantitative estimate of drug-likeness (QED) is 0.342. The van der Waals surface area contributed by atoms with Gasteiger partial charge in [0, 0.05) is 58.4 Å². The van der Waals surface area contributed by atoms with Crippen LogP contribution in [0.25, 0.3) is 0 Å². The van der Waals surface area contributed by atoms with E-state index in [0.717, 1.165) is 59.5 Å². The van der Waals surface area contributed by atoms with Gasteiger partial charge in [-0.25, -0.2) is 0 Å². The van der Waals surface area contributed by atoms with Gasteiger partial charge in [0.15, 0.2) is 23.1 Å².